The summed E-state index contributed by atoms with van der Waals surface area (Å²) in [6.07, 6.45) is 10.1. The van der Waals surface area contributed by atoms with E-state index in [0.29, 0.717) is 58.8 Å². The number of hydrogen-bond donors (Lipinski definition) is 2. The second-order valence-corrected chi connectivity index (χ2v) is 21.2. The van der Waals surface area contributed by atoms with E-state index in [1.165, 1.54) is 12.4 Å². The molecule has 4 aromatic heterocycles. The first-order valence-electron chi connectivity index (χ1n) is 23.4. The molecule has 4 amide bonds. The fraction of sp³-hybridized carbons (Fsp3) is 0.500. The molecule has 5 aromatic rings. The molecule has 0 radical (unpaired) electrons. The van der Waals surface area contributed by atoms with E-state index in [-0.39, 0.29) is 30.0 Å². The Bertz CT molecular complexity index is 2890. The van der Waals surface area contributed by atoms with Crippen molar-refractivity contribution in [3.63, 3.8) is 0 Å². The molecule has 1 aliphatic carbocycles. The number of imide groups is 2. The molecule has 350 valence electrons. The van der Waals surface area contributed by atoms with Gasteiger partial charge in [0.25, 0.3) is 21.8 Å². The Morgan fingerprint density at radius 3 is 2.24 bits per heavy atom. The van der Waals surface area contributed by atoms with Gasteiger partial charge in [0, 0.05) is 108 Å². The van der Waals surface area contributed by atoms with E-state index in [1.54, 1.807) is 24.4 Å². The molecule has 0 bridgehead atoms. The number of aromatic nitrogens is 7. The number of hydrogen-bond acceptors (Lipinski definition) is 16. The maximum Gasteiger partial charge on any atom is 0.262 e. The topological polar surface area (TPSA) is 217 Å². The van der Waals surface area contributed by atoms with E-state index in [4.69, 9.17) is 10.1 Å². The van der Waals surface area contributed by atoms with Crippen LogP contribution in [0.4, 0.5) is 23.1 Å². The van der Waals surface area contributed by atoms with Crippen LogP contribution in [0.3, 0.4) is 0 Å². The number of fused-ring (bicyclic) bond motifs is 2. The van der Waals surface area contributed by atoms with Gasteiger partial charge in [-0.15, -0.1) is 0 Å². The number of nitrogens with zero attached hydrogens (tertiary/aromatic N) is 12. The first kappa shape index (κ1) is 43.3. The Morgan fingerprint density at radius 2 is 1.52 bits per heavy atom. The average molecular weight is 931 g/mol. The van der Waals surface area contributed by atoms with Gasteiger partial charge in [0.1, 0.15) is 17.7 Å². The minimum absolute atomic E-state index is 0.0963. The van der Waals surface area contributed by atoms with Crippen LogP contribution in [0.5, 0.6) is 0 Å². The molecule has 1 saturated carbocycles. The number of amides is 4. The van der Waals surface area contributed by atoms with Crippen molar-refractivity contribution in [2.45, 2.75) is 69.7 Å². The number of anilines is 4. The zero-order chi connectivity index (χ0) is 46.1. The molecule has 9 heterocycles. The van der Waals surface area contributed by atoms with Gasteiger partial charge in [0.15, 0.2) is 11.6 Å². The summed E-state index contributed by atoms with van der Waals surface area (Å²) in [5, 5.41) is 15.4. The molecule has 0 spiro atoms. The number of rotatable bonds is 13. The highest BCUT2D eigenvalue weighted by atomic mass is 32.2. The van der Waals surface area contributed by atoms with Crippen molar-refractivity contribution >= 4 is 67.7 Å². The van der Waals surface area contributed by atoms with Crippen molar-refractivity contribution in [2.24, 2.45) is 11.8 Å². The minimum Gasteiger partial charge on any atom is -0.371 e. The molecule has 2 N–H and O–H groups in total. The van der Waals surface area contributed by atoms with E-state index >= 15 is 0 Å². The standard InChI is InChI=1S/C46H54N14O6S/c1-28(2)60-38-20-40(50-39-9-12-47-42(51-39)31-21-49-58(27-31)67(65,66)33-4-5-33)48-22-36(38)43(53-60)57-25-30(26-57)24-55-17-15-54(16-18-55)23-29-10-13-56(14-11-29)32-3-6-34-35(19-32)46(64)59(45(34)63)37-7-8-41(61)52-44(37)62/h3,6,9,12,19-22,27-30,33,37H,4-5,7-8,10-11,13-18,23-26H2,1-2H3,(H,52,61,62)(H,47,48,50,51). The summed E-state index contributed by atoms with van der Waals surface area (Å²) in [4.78, 5) is 75.3. The van der Waals surface area contributed by atoms with Crippen LogP contribution in [-0.4, -0.2) is 157 Å². The van der Waals surface area contributed by atoms with Crippen molar-refractivity contribution in [3.8, 4) is 11.4 Å². The van der Waals surface area contributed by atoms with E-state index in [9.17, 15) is 27.6 Å². The molecule has 1 atom stereocenters. The number of piperazine rings is 1. The number of carbonyl (C=O) groups is 4. The number of piperidine rings is 2. The van der Waals surface area contributed by atoms with E-state index < -0.39 is 33.8 Å². The quantitative estimate of drug-likeness (QED) is 0.162. The van der Waals surface area contributed by atoms with Gasteiger partial charge in [0.2, 0.25) is 11.8 Å². The highest BCUT2D eigenvalue weighted by Gasteiger charge is 2.45. The maximum absolute atomic E-state index is 13.4. The van der Waals surface area contributed by atoms with Gasteiger partial charge in [-0.3, -0.25) is 34.1 Å². The average Bonchev–Trinajstić information content (AvgIpc) is 3.86. The van der Waals surface area contributed by atoms with Crippen LogP contribution in [0.2, 0.25) is 0 Å². The Balaban J connectivity index is 0.644. The zero-order valence-corrected chi connectivity index (χ0v) is 38.4. The highest BCUT2D eigenvalue weighted by molar-refractivity contribution is 7.90. The molecular formula is C46H54N14O6S. The predicted octanol–water partition coefficient (Wildman–Crippen LogP) is 3.12. The molecule has 4 saturated heterocycles. The second-order valence-electron chi connectivity index (χ2n) is 19.2. The summed E-state index contributed by atoms with van der Waals surface area (Å²) in [7, 11) is -3.49. The first-order chi connectivity index (χ1) is 32.4. The number of pyridine rings is 1. The fourth-order valence-electron chi connectivity index (χ4n) is 10.3. The van der Waals surface area contributed by atoms with Gasteiger partial charge in [-0.2, -0.15) is 14.3 Å². The molecule has 1 aromatic carbocycles. The normalized spacial score (nSPS) is 21.4. The van der Waals surface area contributed by atoms with Crippen LogP contribution in [0.25, 0.3) is 22.3 Å². The Hall–Kier alpha value is -6.32. The van der Waals surface area contributed by atoms with Crippen molar-refractivity contribution in [3.05, 3.63) is 66.2 Å². The lowest BCUT2D eigenvalue weighted by molar-refractivity contribution is -0.136. The van der Waals surface area contributed by atoms with Crippen LogP contribution in [-0.2, 0) is 19.6 Å². The molecule has 20 nitrogen and oxygen atoms in total. The monoisotopic (exact) mass is 930 g/mol. The Labute approximate surface area is 387 Å². The summed E-state index contributed by atoms with van der Waals surface area (Å²) < 4.78 is 28.4. The molecule has 5 aliphatic heterocycles. The second kappa shape index (κ2) is 17.1. The number of nitrogens with one attached hydrogen (secondary N) is 2. The van der Waals surface area contributed by atoms with E-state index in [1.807, 2.05) is 23.0 Å². The summed E-state index contributed by atoms with van der Waals surface area (Å²) in [5.41, 5.74) is 3.03. The zero-order valence-electron chi connectivity index (χ0n) is 37.6. The van der Waals surface area contributed by atoms with Gasteiger partial charge in [-0.25, -0.2) is 23.4 Å². The number of benzene rings is 1. The Morgan fingerprint density at radius 1 is 0.791 bits per heavy atom. The van der Waals surface area contributed by atoms with Gasteiger partial charge >= 0.3 is 0 Å². The first-order valence-corrected chi connectivity index (χ1v) is 24.9. The molecular weight excluding hydrogens is 877 g/mol. The largest absolute Gasteiger partial charge is 0.371 e. The van der Waals surface area contributed by atoms with Crippen molar-refractivity contribution in [1.82, 2.24) is 53.9 Å². The highest BCUT2D eigenvalue weighted by Crippen LogP contribution is 2.36. The van der Waals surface area contributed by atoms with Crippen molar-refractivity contribution < 1.29 is 27.6 Å². The molecule has 67 heavy (non-hydrogen) atoms. The number of carbonyl (C=O) groups excluding carboxylic acids is 4. The minimum atomic E-state index is -3.49. The molecule has 5 fully saturated rings. The summed E-state index contributed by atoms with van der Waals surface area (Å²) in [6, 6.07) is 8.30. The van der Waals surface area contributed by atoms with E-state index in [0.717, 1.165) is 110 Å². The van der Waals surface area contributed by atoms with Crippen LogP contribution in [0.1, 0.15) is 79.1 Å². The SMILES string of the molecule is CC(C)n1nc(N2CC(CN3CCN(CC4CCN(c5ccc6c(c5)C(=O)N(C5CCC(=O)NC5=O)C6=O)CC4)CC3)C2)c2cnc(Nc3ccnc(-c4cnn(S(=O)(=O)C5CC5)c4)n3)cc21. The van der Waals surface area contributed by atoms with Crippen LogP contribution < -0.4 is 20.4 Å². The third-order valence-electron chi connectivity index (χ3n) is 14.2. The van der Waals surface area contributed by atoms with Crippen LogP contribution in [0.15, 0.2) is 55.1 Å². The Kier molecular flexibility index (Phi) is 11.0. The van der Waals surface area contributed by atoms with Crippen molar-refractivity contribution in [1.29, 1.82) is 0 Å². The van der Waals surface area contributed by atoms with Gasteiger partial charge in [0.05, 0.1) is 45.2 Å². The lowest BCUT2D eigenvalue weighted by Gasteiger charge is -2.44. The lowest BCUT2D eigenvalue weighted by Crippen LogP contribution is -2.55. The summed E-state index contributed by atoms with van der Waals surface area (Å²) in [5.74, 6) is 1.66. The third kappa shape index (κ3) is 8.30. The molecule has 21 heteroatoms. The van der Waals surface area contributed by atoms with Crippen LogP contribution >= 0.6 is 0 Å². The lowest BCUT2D eigenvalue weighted by atomic mass is 9.95. The third-order valence-corrected chi connectivity index (χ3v) is 16.2. The fourth-order valence-corrected chi connectivity index (χ4v) is 11.7. The van der Waals surface area contributed by atoms with E-state index in [2.05, 4.69) is 59.1 Å². The summed E-state index contributed by atoms with van der Waals surface area (Å²) >= 11 is 0. The van der Waals surface area contributed by atoms with Gasteiger partial charge in [-0.1, -0.05) is 0 Å². The van der Waals surface area contributed by atoms with Crippen LogP contribution in [0, 0.1) is 11.8 Å². The molecule has 11 rings (SSSR count). The van der Waals surface area contributed by atoms with Gasteiger partial charge < -0.3 is 24.9 Å². The smallest absolute Gasteiger partial charge is 0.262 e. The predicted molar refractivity (Wildman–Crippen MR) is 248 cm³/mol. The maximum atomic E-state index is 13.4. The molecule has 6 aliphatic rings. The summed E-state index contributed by atoms with van der Waals surface area (Å²) in [6.45, 7) is 14.2. The van der Waals surface area contributed by atoms with Gasteiger partial charge in [-0.05, 0) is 76.1 Å². The van der Waals surface area contributed by atoms with Crippen molar-refractivity contribution in [2.75, 3.05) is 80.6 Å². The molecule has 1 unspecified atom stereocenters.